The molecule has 1 N–H and O–H groups in total. The Bertz CT molecular complexity index is 815. The molecule has 1 heterocycles. The van der Waals surface area contributed by atoms with Crippen molar-refractivity contribution >= 4 is 28.8 Å². The topological polar surface area (TPSA) is 49.4 Å². The molecule has 0 bridgehead atoms. The lowest BCUT2D eigenvalue weighted by molar-refractivity contribution is -0.125. The lowest BCUT2D eigenvalue weighted by atomic mass is 9.95. The molecule has 1 fully saturated rings. The quantitative estimate of drug-likeness (QED) is 0.790. The molecular formula is C22H24N2O2S. The van der Waals surface area contributed by atoms with Crippen LogP contribution in [-0.4, -0.2) is 17.9 Å². The predicted octanol–water partition coefficient (Wildman–Crippen LogP) is 4.21. The van der Waals surface area contributed by atoms with Crippen LogP contribution in [0.15, 0.2) is 41.8 Å². The van der Waals surface area contributed by atoms with Crippen LogP contribution in [0.2, 0.25) is 0 Å². The molecule has 0 saturated heterocycles. The normalized spacial score (nSPS) is 15.6. The van der Waals surface area contributed by atoms with Crippen molar-refractivity contribution in [3.8, 4) is 12.3 Å². The number of terminal acetylenes is 1. The van der Waals surface area contributed by atoms with Crippen molar-refractivity contribution in [2.75, 3.05) is 4.90 Å². The van der Waals surface area contributed by atoms with Gasteiger partial charge in [0.1, 0.15) is 0 Å². The van der Waals surface area contributed by atoms with Crippen LogP contribution in [-0.2, 0) is 9.59 Å². The number of hydrogen-bond donors (Lipinski definition) is 1. The number of nitrogens with zero attached hydrogens (tertiary/aromatic N) is 1. The molecule has 1 aromatic carbocycles. The zero-order chi connectivity index (χ0) is 19.2. The summed E-state index contributed by atoms with van der Waals surface area (Å²) in [5, 5.41) is 5.06. The largest absolute Gasteiger partial charge is 0.351 e. The first-order valence-electron chi connectivity index (χ1n) is 9.30. The summed E-state index contributed by atoms with van der Waals surface area (Å²) < 4.78 is 0. The first-order chi connectivity index (χ1) is 13.1. The third-order valence-corrected chi connectivity index (χ3v) is 5.85. The predicted molar refractivity (Wildman–Crippen MR) is 110 cm³/mol. The molecule has 140 valence electrons. The maximum Gasteiger partial charge on any atom is 0.303 e. The van der Waals surface area contributed by atoms with Crippen LogP contribution in [0, 0.1) is 19.3 Å². The molecule has 0 spiro atoms. The maximum absolute atomic E-state index is 13.2. The van der Waals surface area contributed by atoms with Crippen LogP contribution in [0.4, 0.5) is 5.69 Å². The van der Waals surface area contributed by atoms with Gasteiger partial charge in [0.25, 0.3) is 0 Å². The van der Waals surface area contributed by atoms with Crippen molar-refractivity contribution in [1.82, 2.24) is 5.32 Å². The highest BCUT2D eigenvalue weighted by atomic mass is 32.1. The fraction of sp³-hybridized carbons (Fsp3) is 0.364. The van der Waals surface area contributed by atoms with Crippen LogP contribution in [0.25, 0.3) is 0 Å². The van der Waals surface area contributed by atoms with E-state index in [1.807, 2.05) is 48.7 Å². The van der Waals surface area contributed by atoms with Crippen molar-refractivity contribution in [3.63, 3.8) is 0 Å². The monoisotopic (exact) mass is 380 g/mol. The van der Waals surface area contributed by atoms with Crippen LogP contribution in [0.5, 0.6) is 0 Å². The first-order valence-corrected chi connectivity index (χ1v) is 10.2. The SMILES string of the molecule is C#CC(=O)N(c1ccc(C)cc1)C(C(=O)NC1CCCCC1)c1cccs1. The van der Waals surface area contributed by atoms with Gasteiger partial charge in [-0.15, -0.1) is 17.8 Å². The molecule has 1 unspecified atom stereocenters. The van der Waals surface area contributed by atoms with Crippen LogP contribution in [0.1, 0.15) is 48.6 Å². The molecule has 1 saturated carbocycles. The van der Waals surface area contributed by atoms with Crippen molar-refractivity contribution in [1.29, 1.82) is 0 Å². The van der Waals surface area contributed by atoms with Crippen molar-refractivity contribution < 1.29 is 9.59 Å². The number of carbonyl (C=O) groups excluding carboxylic acids is 2. The Labute approximate surface area is 164 Å². The number of carbonyl (C=O) groups is 2. The van der Waals surface area contributed by atoms with E-state index in [0.717, 1.165) is 36.1 Å². The summed E-state index contributed by atoms with van der Waals surface area (Å²) in [5.41, 5.74) is 1.70. The summed E-state index contributed by atoms with van der Waals surface area (Å²) >= 11 is 1.45. The third kappa shape index (κ3) is 4.58. The number of benzene rings is 1. The number of rotatable bonds is 5. The smallest absolute Gasteiger partial charge is 0.303 e. The summed E-state index contributed by atoms with van der Waals surface area (Å²) in [7, 11) is 0. The van der Waals surface area contributed by atoms with Gasteiger partial charge < -0.3 is 5.32 Å². The molecule has 3 rings (SSSR count). The number of anilines is 1. The highest BCUT2D eigenvalue weighted by molar-refractivity contribution is 7.10. The van der Waals surface area contributed by atoms with Gasteiger partial charge in [-0.1, -0.05) is 43.0 Å². The van der Waals surface area contributed by atoms with Crippen molar-refractivity contribution in [3.05, 3.63) is 52.2 Å². The molecular weight excluding hydrogens is 356 g/mol. The molecule has 0 aliphatic heterocycles. The van der Waals surface area contributed by atoms with E-state index in [9.17, 15) is 9.59 Å². The Morgan fingerprint density at radius 1 is 1.19 bits per heavy atom. The van der Waals surface area contributed by atoms with E-state index in [1.54, 1.807) is 0 Å². The average Bonchev–Trinajstić information content (AvgIpc) is 3.21. The molecule has 1 atom stereocenters. The van der Waals surface area contributed by atoms with Gasteiger partial charge in [-0.3, -0.25) is 14.5 Å². The van der Waals surface area contributed by atoms with Gasteiger partial charge in [0.2, 0.25) is 5.91 Å². The number of amides is 2. The summed E-state index contributed by atoms with van der Waals surface area (Å²) in [6.07, 6.45) is 10.9. The Morgan fingerprint density at radius 3 is 2.48 bits per heavy atom. The zero-order valence-corrected chi connectivity index (χ0v) is 16.3. The average molecular weight is 381 g/mol. The minimum absolute atomic E-state index is 0.162. The van der Waals surface area contributed by atoms with E-state index in [4.69, 9.17) is 6.42 Å². The molecule has 0 radical (unpaired) electrons. The van der Waals surface area contributed by atoms with E-state index >= 15 is 0 Å². The van der Waals surface area contributed by atoms with Gasteiger partial charge in [0.15, 0.2) is 6.04 Å². The lowest BCUT2D eigenvalue weighted by Gasteiger charge is -2.31. The van der Waals surface area contributed by atoms with Gasteiger partial charge in [-0.25, -0.2) is 0 Å². The van der Waals surface area contributed by atoms with Crippen LogP contribution in [0.3, 0.4) is 0 Å². The number of hydrogen-bond acceptors (Lipinski definition) is 3. The van der Waals surface area contributed by atoms with Gasteiger partial charge >= 0.3 is 5.91 Å². The second-order valence-corrected chi connectivity index (χ2v) is 7.90. The fourth-order valence-corrected chi connectivity index (χ4v) is 4.32. The maximum atomic E-state index is 13.2. The van der Waals surface area contributed by atoms with Crippen molar-refractivity contribution in [2.45, 2.75) is 51.1 Å². The minimum Gasteiger partial charge on any atom is -0.351 e. The Hall–Kier alpha value is -2.58. The van der Waals surface area contributed by atoms with Gasteiger partial charge in [-0.2, -0.15) is 0 Å². The second-order valence-electron chi connectivity index (χ2n) is 6.92. The molecule has 1 aromatic heterocycles. The second kappa shape index (κ2) is 8.88. The van der Waals surface area contributed by atoms with Crippen LogP contribution < -0.4 is 10.2 Å². The molecule has 4 nitrogen and oxygen atoms in total. The van der Waals surface area contributed by atoms with Gasteiger partial charge in [0.05, 0.1) is 0 Å². The Morgan fingerprint density at radius 2 is 1.89 bits per heavy atom. The first kappa shape index (κ1) is 19.2. The molecule has 5 heteroatoms. The number of thiophene rings is 1. The van der Waals surface area contributed by atoms with Gasteiger partial charge in [0, 0.05) is 16.6 Å². The van der Waals surface area contributed by atoms with E-state index in [1.165, 1.54) is 22.7 Å². The van der Waals surface area contributed by atoms with Crippen molar-refractivity contribution in [2.24, 2.45) is 0 Å². The summed E-state index contributed by atoms with van der Waals surface area (Å²) in [4.78, 5) is 28.1. The van der Waals surface area contributed by atoms with E-state index < -0.39 is 11.9 Å². The number of aryl methyl sites for hydroxylation is 1. The van der Waals surface area contributed by atoms with E-state index in [0.29, 0.717) is 5.69 Å². The molecule has 2 aromatic rings. The third-order valence-electron chi connectivity index (χ3n) is 4.93. The standard InChI is InChI=1S/C22H24N2O2S/c1-3-20(25)24(18-13-11-16(2)12-14-18)21(19-10-7-15-27-19)22(26)23-17-8-5-4-6-9-17/h1,7,10-15,17,21H,4-6,8-9H2,2H3,(H,23,26). The zero-order valence-electron chi connectivity index (χ0n) is 15.5. The summed E-state index contributed by atoms with van der Waals surface area (Å²) in [6.45, 7) is 1.98. The Balaban J connectivity index is 1.96. The Kier molecular flexibility index (Phi) is 6.31. The molecule has 27 heavy (non-hydrogen) atoms. The molecule has 2 amide bonds. The van der Waals surface area contributed by atoms with Crippen LogP contribution >= 0.6 is 11.3 Å². The lowest BCUT2D eigenvalue weighted by Crippen LogP contribution is -2.46. The fourth-order valence-electron chi connectivity index (χ4n) is 3.51. The molecule has 1 aliphatic rings. The highest BCUT2D eigenvalue weighted by Gasteiger charge is 2.34. The van der Waals surface area contributed by atoms with E-state index in [2.05, 4.69) is 11.2 Å². The summed E-state index contributed by atoms with van der Waals surface area (Å²) in [5.74, 6) is 1.50. The highest BCUT2D eigenvalue weighted by Crippen LogP contribution is 2.31. The number of nitrogens with one attached hydrogen (secondary N) is 1. The minimum atomic E-state index is -0.766. The van der Waals surface area contributed by atoms with Gasteiger partial charge in [-0.05, 0) is 49.3 Å². The molecule has 1 aliphatic carbocycles. The summed E-state index contributed by atoms with van der Waals surface area (Å²) in [6, 6.07) is 10.6. The van der Waals surface area contributed by atoms with E-state index in [-0.39, 0.29) is 11.9 Å².